The number of carbonyl (C=O) groups is 1. The Morgan fingerprint density at radius 1 is 1.45 bits per heavy atom. The van der Waals surface area contributed by atoms with Gasteiger partial charge >= 0.3 is 6.03 Å². The Kier molecular flexibility index (Phi) is 3.54. The largest absolute Gasteiger partial charge is 0.323 e. The second kappa shape index (κ2) is 5.20. The SMILES string of the molecule is CN1Cc2cc(C(N)c3sccc3Br)ccc2NC1=O. The van der Waals surface area contributed by atoms with Crippen molar-refractivity contribution in [2.75, 3.05) is 12.4 Å². The summed E-state index contributed by atoms with van der Waals surface area (Å²) in [5, 5.41) is 4.88. The zero-order valence-corrected chi connectivity index (χ0v) is 13.3. The minimum atomic E-state index is -0.155. The van der Waals surface area contributed by atoms with Crippen molar-refractivity contribution >= 4 is 39.0 Å². The van der Waals surface area contributed by atoms with Crippen molar-refractivity contribution in [1.82, 2.24) is 4.90 Å². The summed E-state index contributed by atoms with van der Waals surface area (Å²) in [4.78, 5) is 14.4. The number of carbonyl (C=O) groups excluding carboxylic acids is 1. The van der Waals surface area contributed by atoms with Gasteiger partial charge in [0.15, 0.2) is 0 Å². The minimum absolute atomic E-state index is 0.0736. The minimum Gasteiger partial charge on any atom is -0.323 e. The summed E-state index contributed by atoms with van der Waals surface area (Å²) in [6.07, 6.45) is 0. The van der Waals surface area contributed by atoms with Crippen LogP contribution in [0.1, 0.15) is 22.0 Å². The number of urea groups is 1. The van der Waals surface area contributed by atoms with Crippen LogP contribution in [0.25, 0.3) is 0 Å². The van der Waals surface area contributed by atoms with Crippen molar-refractivity contribution < 1.29 is 4.79 Å². The van der Waals surface area contributed by atoms with E-state index in [4.69, 9.17) is 5.73 Å². The maximum atomic E-state index is 11.6. The van der Waals surface area contributed by atoms with Crippen LogP contribution in [-0.2, 0) is 6.54 Å². The number of rotatable bonds is 2. The molecule has 0 bridgehead atoms. The molecule has 2 amide bonds. The predicted molar refractivity (Wildman–Crippen MR) is 85.0 cm³/mol. The molecule has 104 valence electrons. The van der Waals surface area contributed by atoms with Crippen molar-refractivity contribution in [1.29, 1.82) is 0 Å². The molecule has 1 aliphatic heterocycles. The van der Waals surface area contributed by atoms with Crippen molar-refractivity contribution in [3.63, 3.8) is 0 Å². The van der Waals surface area contributed by atoms with Gasteiger partial charge < -0.3 is 16.0 Å². The number of fused-ring (bicyclic) bond motifs is 1. The molecule has 3 rings (SSSR count). The van der Waals surface area contributed by atoms with E-state index in [0.29, 0.717) is 6.54 Å². The van der Waals surface area contributed by atoms with E-state index >= 15 is 0 Å². The van der Waals surface area contributed by atoms with Gasteiger partial charge in [0.25, 0.3) is 0 Å². The Hall–Kier alpha value is -1.37. The van der Waals surface area contributed by atoms with E-state index in [0.717, 1.165) is 26.2 Å². The lowest BCUT2D eigenvalue weighted by Crippen LogP contribution is -2.35. The topological polar surface area (TPSA) is 58.4 Å². The van der Waals surface area contributed by atoms with E-state index in [1.54, 1.807) is 23.3 Å². The number of anilines is 1. The molecular weight excluding hydrogens is 338 g/mol. The second-order valence-corrected chi connectivity index (χ2v) is 6.62. The van der Waals surface area contributed by atoms with Gasteiger partial charge in [0.05, 0.1) is 6.04 Å². The molecule has 1 unspecified atom stereocenters. The average molecular weight is 352 g/mol. The number of thiophene rings is 1. The van der Waals surface area contributed by atoms with E-state index in [2.05, 4.69) is 27.3 Å². The molecular formula is C14H14BrN3OS. The first-order chi connectivity index (χ1) is 9.56. The van der Waals surface area contributed by atoms with E-state index in [1.807, 2.05) is 23.6 Å². The van der Waals surface area contributed by atoms with Crippen LogP contribution in [0.4, 0.5) is 10.5 Å². The third-order valence-corrected chi connectivity index (χ3v) is 5.37. The molecule has 20 heavy (non-hydrogen) atoms. The zero-order chi connectivity index (χ0) is 14.3. The standard InChI is InChI=1S/C14H14BrN3OS/c1-18-7-9-6-8(2-3-11(9)17-14(18)19)12(16)13-10(15)4-5-20-13/h2-6,12H,7,16H2,1H3,(H,17,19). The summed E-state index contributed by atoms with van der Waals surface area (Å²) >= 11 is 5.16. The van der Waals surface area contributed by atoms with Crippen LogP contribution in [0.2, 0.25) is 0 Å². The number of hydrogen-bond acceptors (Lipinski definition) is 3. The monoisotopic (exact) mass is 351 g/mol. The van der Waals surface area contributed by atoms with E-state index in [1.165, 1.54) is 0 Å². The van der Waals surface area contributed by atoms with Crippen LogP contribution >= 0.6 is 27.3 Å². The Morgan fingerprint density at radius 2 is 2.25 bits per heavy atom. The summed E-state index contributed by atoms with van der Waals surface area (Å²) < 4.78 is 1.04. The summed E-state index contributed by atoms with van der Waals surface area (Å²) in [7, 11) is 1.78. The molecule has 2 aromatic rings. The van der Waals surface area contributed by atoms with Crippen LogP contribution in [0, 0.1) is 0 Å². The van der Waals surface area contributed by atoms with Crippen molar-refractivity contribution in [2.45, 2.75) is 12.6 Å². The number of halogens is 1. The van der Waals surface area contributed by atoms with E-state index in [9.17, 15) is 4.79 Å². The number of benzene rings is 1. The fourth-order valence-corrected chi connectivity index (χ4v) is 3.92. The van der Waals surface area contributed by atoms with Crippen LogP contribution in [0.5, 0.6) is 0 Å². The Bertz CT molecular complexity index is 670. The van der Waals surface area contributed by atoms with Gasteiger partial charge in [-0.05, 0) is 50.6 Å². The lowest BCUT2D eigenvalue weighted by molar-refractivity contribution is 0.218. The zero-order valence-electron chi connectivity index (χ0n) is 10.9. The average Bonchev–Trinajstić information content (AvgIpc) is 2.85. The third-order valence-electron chi connectivity index (χ3n) is 3.41. The highest BCUT2D eigenvalue weighted by atomic mass is 79.9. The van der Waals surface area contributed by atoms with Crippen LogP contribution < -0.4 is 11.1 Å². The van der Waals surface area contributed by atoms with Gasteiger partial charge in [-0.2, -0.15) is 0 Å². The van der Waals surface area contributed by atoms with Crippen LogP contribution in [0.15, 0.2) is 34.1 Å². The first kappa shape index (κ1) is 13.6. The Balaban J connectivity index is 1.95. The molecule has 0 fully saturated rings. The molecule has 0 radical (unpaired) electrons. The first-order valence-electron chi connectivity index (χ1n) is 6.19. The molecule has 1 aromatic heterocycles. The van der Waals surface area contributed by atoms with Crippen molar-refractivity contribution in [2.24, 2.45) is 5.73 Å². The maximum absolute atomic E-state index is 11.6. The number of nitrogens with one attached hydrogen (secondary N) is 1. The van der Waals surface area contributed by atoms with Crippen molar-refractivity contribution in [3.05, 3.63) is 50.1 Å². The quantitative estimate of drug-likeness (QED) is 0.869. The van der Waals surface area contributed by atoms with Gasteiger partial charge in [-0.1, -0.05) is 6.07 Å². The molecule has 0 saturated carbocycles. The van der Waals surface area contributed by atoms with Gasteiger partial charge in [-0.15, -0.1) is 11.3 Å². The summed E-state index contributed by atoms with van der Waals surface area (Å²) in [5.41, 5.74) is 9.35. The summed E-state index contributed by atoms with van der Waals surface area (Å²) in [6.45, 7) is 0.605. The highest BCUT2D eigenvalue weighted by molar-refractivity contribution is 9.10. The summed E-state index contributed by atoms with van der Waals surface area (Å²) in [5.74, 6) is 0. The second-order valence-electron chi connectivity index (χ2n) is 4.81. The fraction of sp³-hybridized carbons (Fsp3) is 0.214. The van der Waals surface area contributed by atoms with Gasteiger partial charge in [-0.25, -0.2) is 4.79 Å². The lowest BCUT2D eigenvalue weighted by atomic mass is 10.0. The predicted octanol–water partition coefficient (Wildman–Crippen LogP) is 3.54. The fourth-order valence-electron chi connectivity index (χ4n) is 2.28. The lowest BCUT2D eigenvalue weighted by Gasteiger charge is -2.27. The number of nitrogens with two attached hydrogens (primary N) is 1. The first-order valence-corrected chi connectivity index (χ1v) is 7.87. The molecule has 2 heterocycles. The third kappa shape index (κ3) is 2.34. The Labute approximate surface area is 129 Å². The highest BCUT2D eigenvalue weighted by Gasteiger charge is 2.21. The van der Waals surface area contributed by atoms with Crippen LogP contribution in [0.3, 0.4) is 0 Å². The van der Waals surface area contributed by atoms with Gasteiger partial charge in [0, 0.05) is 28.6 Å². The normalized spacial score (nSPS) is 15.8. The van der Waals surface area contributed by atoms with Gasteiger partial charge in [0.2, 0.25) is 0 Å². The van der Waals surface area contributed by atoms with E-state index < -0.39 is 0 Å². The number of nitrogens with zero attached hydrogens (tertiary/aromatic N) is 1. The highest BCUT2D eigenvalue weighted by Crippen LogP contribution is 2.33. The number of hydrogen-bond donors (Lipinski definition) is 2. The van der Waals surface area contributed by atoms with Gasteiger partial charge in [0.1, 0.15) is 0 Å². The molecule has 3 N–H and O–H groups in total. The molecule has 0 saturated heterocycles. The van der Waals surface area contributed by atoms with E-state index in [-0.39, 0.29) is 12.1 Å². The Morgan fingerprint density at radius 3 is 2.95 bits per heavy atom. The molecule has 6 heteroatoms. The smallest absolute Gasteiger partial charge is 0.321 e. The maximum Gasteiger partial charge on any atom is 0.321 e. The molecule has 1 aromatic carbocycles. The molecule has 4 nitrogen and oxygen atoms in total. The molecule has 1 atom stereocenters. The summed E-state index contributed by atoms with van der Waals surface area (Å²) in [6, 6.07) is 7.75. The molecule has 0 aliphatic carbocycles. The molecule has 0 spiro atoms. The van der Waals surface area contributed by atoms with Gasteiger partial charge in [-0.3, -0.25) is 0 Å². The van der Waals surface area contributed by atoms with Crippen molar-refractivity contribution in [3.8, 4) is 0 Å². The van der Waals surface area contributed by atoms with Crippen LogP contribution in [-0.4, -0.2) is 18.0 Å². The molecule has 1 aliphatic rings. The number of amides is 2.